The molecule has 23 heavy (non-hydrogen) atoms. The van der Waals surface area contributed by atoms with Gasteiger partial charge in [-0.2, -0.15) is 0 Å². The fourth-order valence-corrected chi connectivity index (χ4v) is 4.61. The van der Waals surface area contributed by atoms with Gasteiger partial charge in [-0.05, 0) is 36.8 Å². The van der Waals surface area contributed by atoms with E-state index in [0.717, 1.165) is 28.2 Å². The van der Waals surface area contributed by atoms with E-state index >= 15 is 0 Å². The van der Waals surface area contributed by atoms with Crippen molar-refractivity contribution in [2.45, 2.75) is 37.3 Å². The largest absolute Gasteiger partial charge is 0.342 e. The van der Waals surface area contributed by atoms with E-state index in [0.29, 0.717) is 15.8 Å². The highest BCUT2D eigenvalue weighted by Gasteiger charge is 2.17. The van der Waals surface area contributed by atoms with Crippen LogP contribution in [0.5, 0.6) is 0 Å². The van der Waals surface area contributed by atoms with Crippen LogP contribution in [0.15, 0.2) is 34.5 Å². The number of benzene rings is 1. The van der Waals surface area contributed by atoms with Gasteiger partial charge in [-0.1, -0.05) is 20.8 Å². The van der Waals surface area contributed by atoms with Crippen LogP contribution in [0, 0.1) is 0 Å². The van der Waals surface area contributed by atoms with Crippen LogP contribution in [0.3, 0.4) is 0 Å². The number of nitrogens with one attached hydrogen (secondary N) is 2. The van der Waals surface area contributed by atoms with Gasteiger partial charge in [0, 0.05) is 10.8 Å². The number of aromatic amines is 1. The van der Waals surface area contributed by atoms with Gasteiger partial charge in [0.2, 0.25) is 0 Å². The minimum atomic E-state index is -3.55. The molecule has 3 aromatic rings. The van der Waals surface area contributed by atoms with Crippen LogP contribution in [-0.2, 0) is 16.4 Å². The molecule has 0 aliphatic carbocycles. The minimum absolute atomic E-state index is 0.293. The van der Waals surface area contributed by atoms with E-state index in [1.54, 1.807) is 18.2 Å². The Kier molecular flexibility index (Phi) is 4.16. The zero-order valence-electron chi connectivity index (χ0n) is 13.3. The van der Waals surface area contributed by atoms with E-state index in [4.69, 9.17) is 0 Å². The first-order chi connectivity index (χ1) is 10.9. The summed E-state index contributed by atoms with van der Waals surface area (Å²) in [6.45, 7) is 6.13. The number of rotatable bonds is 5. The van der Waals surface area contributed by atoms with Crippen LogP contribution in [0.4, 0.5) is 5.69 Å². The lowest BCUT2D eigenvalue weighted by Crippen LogP contribution is -2.11. The monoisotopic (exact) mass is 349 g/mol. The molecule has 122 valence electrons. The van der Waals surface area contributed by atoms with Crippen molar-refractivity contribution in [1.29, 1.82) is 0 Å². The maximum Gasteiger partial charge on any atom is 0.271 e. The number of imidazole rings is 1. The van der Waals surface area contributed by atoms with E-state index in [9.17, 15) is 8.42 Å². The molecule has 0 aliphatic rings. The summed E-state index contributed by atoms with van der Waals surface area (Å²) < 4.78 is 27.9. The van der Waals surface area contributed by atoms with Gasteiger partial charge in [0.1, 0.15) is 10.0 Å². The van der Waals surface area contributed by atoms with Crippen molar-refractivity contribution < 1.29 is 8.42 Å². The van der Waals surface area contributed by atoms with Crippen molar-refractivity contribution in [2.24, 2.45) is 0 Å². The molecule has 0 atom stereocenters. The summed E-state index contributed by atoms with van der Waals surface area (Å²) in [5.74, 6) is 1.19. The molecule has 5 nitrogen and oxygen atoms in total. The van der Waals surface area contributed by atoms with Crippen molar-refractivity contribution in [3.05, 3.63) is 41.0 Å². The molecule has 0 unspecified atom stereocenters. The van der Waals surface area contributed by atoms with Crippen molar-refractivity contribution in [3.63, 3.8) is 0 Å². The second kappa shape index (κ2) is 5.98. The number of anilines is 1. The predicted octanol–water partition coefficient (Wildman–Crippen LogP) is 4.11. The number of hydrogen-bond donors (Lipinski definition) is 2. The second-order valence-electron chi connectivity index (χ2n) is 5.69. The van der Waals surface area contributed by atoms with Gasteiger partial charge in [0.05, 0.1) is 16.7 Å². The van der Waals surface area contributed by atoms with Crippen LogP contribution >= 0.6 is 11.3 Å². The van der Waals surface area contributed by atoms with Gasteiger partial charge in [-0.3, -0.25) is 4.72 Å². The third-order valence-electron chi connectivity index (χ3n) is 3.55. The highest BCUT2D eigenvalue weighted by atomic mass is 32.2. The molecule has 0 radical (unpaired) electrons. The number of sulfonamides is 1. The second-order valence-corrected chi connectivity index (χ2v) is 8.77. The Bertz CT molecular complexity index is 939. The van der Waals surface area contributed by atoms with Gasteiger partial charge in [0.25, 0.3) is 10.0 Å². The minimum Gasteiger partial charge on any atom is -0.342 e. The number of H-pyrrole nitrogens is 1. The maximum atomic E-state index is 12.5. The Morgan fingerprint density at radius 1 is 1.26 bits per heavy atom. The molecule has 2 heterocycles. The summed E-state index contributed by atoms with van der Waals surface area (Å²) in [7, 11) is -3.55. The summed E-state index contributed by atoms with van der Waals surface area (Å²) in [5, 5.41) is 0. The highest BCUT2D eigenvalue weighted by Crippen LogP contribution is 2.26. The Hall–Kier alpha value is -1.86. The summed E-state index contributed by atoms with van der Waals surface area (Å²) >= 11 is 1.30. The SMILES string of the molecule is CCc1ccc(S(=O)(=O)Nc2ccc3nc(C(C)C)[nH]c3c2)s1. The van der Waals surface area contributed by atoms with Crippen molar-refractivity contribution in [3.8, 4) is 0 Å². The molecule has 2 N–H and O–H groups in total. The van der Waals surface area contributed by atoms with Gasteiger partial charge < -0.3 is 4.98 Å². The van der Waals surface area contributed by atoms with Crippen molar-refractivity contribution in [1.82, 2.24) is 9.97 Å². The van der Waals surface area contributed by atoms with Crippen LogP contribution in [0.2, 0.25) is 0 Å². The lowest BCUT2D eigenvalue weighted by molar-refractivity contribution is 0.603. The molecule has 1 aromatic carbocycles. The van der Waals surface area contributed by atoms with E-state index in [2.05, 4.69) is 28.5 Å². The molecular formula is C16H19N3O2S2. The Morgan fingerprint density at radius 3 is 2.70 bits per heavy atom. The van der Waals surface area contributed by atoms with E-state index < -0.39 is 10.0 Å². The zero-order chi connectivity index (χ0) is 16.6. The van der Waals surface area contributed by atoms with Gasteiger partial charge >= 0.3 is 0 Å². The molecule has 7 heteroatoms. The summed E-state index contributed by atoms with van der Waals surface area (Å²) in [5.41, 5.74) is 2.19. The fourth-order valence-electron chi connectivity index (χ4n) is 2.26. The normalized spacial score (nSPS) is 12.2. The van der Waals surface area contributed by atoms with E-state index in [1.165, 1.54) is 11.3 Å². The molecule has 0 bridgehead atoms. The molecule has 0 saturated heterocycles. The quantitative estimate of drug-likeness (QED) is 0.728. The molecular weight excluding hydrogens is 330 g/mol. The number of nitrogens with zero attached hydrogens (tertiary/aromatic N) is 1. The lowest BCUT2D eigenvalue weighted by Gasteiger charge is -2.06. The zero-order valence-corrected chi connectivity index (χ0v) is 14.9. The van der Waals surface area contributed by atoms with Crippen molar-refractivity contribution >= 4 is 38.1 Å². The number of aryl methyl sites for hydroxylation is 1. The van der Waals surface area contributed by atoms with Gasteiger partial charge in [-0.15, -0.1) is 11.3 Å². The number of thiophene rings is 1. The smallest absolute Gasteiger partial charge is 0.271 e. The predicted molar refractivity (Wildman–Crippen MR) is 94.7 cm³/mol. The Labute approximate surface area is 139 Å². The molecule has 0 saturated carbocycles. The third kappa shape index (κ3) is 3.25. The van der Waals surface area contributed by atoms with Gasteiger partial charge in [-0.25, -0.2) is 13.4 Å². The first kappa shape index (κ1) is 16.0. The average Bonchev–Trinajstić information content (AvgIpc) is 3.13. The molecule has 0 aliphatic heterocycles. The topological polar surface area (TPSA) is 74.8 Å². The summed E-state index contributed by atoms with van der Waals surface area (Å²) in [6, 6.07) is 8.84. The molecule has 0 spiro atoms. The Morgan fingerprint density at radius 2 is 2.04 bits per heavy atom. The maximum absolute atomic E-state index is 12.5. The molecule has 2 aromatic heterocycles. The Balaban J connectivity index is 1.91. The standard InChI is InChI=1S/C16H19N3O2S2/c1-4-12-6-8-15(22-12)23(20,21)19-11-5-7-13-14(9-11)18-16(17-13)10(2)3/h5-10,19H,4H2,1-3H3,(H,17,18). The highest BCUT2D eigenvalue weighted by molar-refractivity contribution is 7.94. The van der Waals surface area contributed by atoms with E-state index in [-0.39, 0.29) is 0 Å². The van der Waals surface area contributed by atoms with Crippen LogP contribution < -0.4 is 4.72 Å². The molecule has 0 amide bonds. The molecule has 0 fully saturated rings. The summed E-state index contributed by atoms with van der Waals surface area (Å²) in [6.07, 6.45) is 0.832. The summed E-state index contributed by atoms with van der Waals surface area (Å²) in [4.78, 5) is 8.77. The number of hydrogen-bond acceptors (Lipinski definition) is 4. The van der Waals surface area contributed by atoms with E-state index in [1.807, 2.05) is 19.1 Å². The molecule has 3 rings (SSSR count). The van der Waals surface area contributed by atoms with Gasteiger partial charge in [0.15, 0.2) is 0 Å². The fraction of sp³-hybridized carbons (Fsp3) is 0.312. The number of fused-ring (bicyclic) bond motifs is 1. The van der Waals surface area contributed by atoms with Crippen molar-refractivity contribution in [2.75, 3.05) is 4.72 Å². The first-order valence-corrected chi connectivity index (χ1v) is 9.80. The number of aromatic nitrogens is 2. The third-order valence-corrected chi connectivity index (χ3v) is 6.65. The average molecular weight is 349 g/mol. The lowest BCUT2D eigenvalue weighted by atomic mass is 10.2. The van der Waals surface area contributed by atoms with Crippen LogP contribution in [0.1, 0.15) is 37.4 Å². The van der Waals surface area contributed by atoms with Crippen LogP contribution in [0.25, 0.3) is 11.0 Å². The first-order valence-electron chi connectivity index (χ1n) is 7.50. The van der Waals surface area contributed by atoms with Crippen LogP contribution in [-0.4, -0.2) is 18.4 Å².